The molecular formula is C18H24ClFN4O. The zero-order chi connectivity index (χ0) is 16.4. The number of benzene rings is 1. The number of nitrogens with zero attached hydrogens (tertiary/aromatic N) is 3. The lowest BCUT2D eigenvalue weighted by Crippen LogP contribution is -2.29. The van der Waals surface area contributed by atoms with Crippen molar-refractivity contribution in [2.24, 2.45) is 0 Å². The summed E-state index contributed by atoms with van der Waals surface area (Å²) < 4.78 is 18.6. The number of aromatic nitrogens is 2. The maximum Gasteiger partial charge on any atom is 0.244 e. The molecule has 2 aliphatic heterocycles. The van der Waals surface area contributed by atoms with Crippen LogP contribution in [-0.2, 0) is 6.54 Å². The van der Waals surface area contributed by atoms with Crippen molar-refractivity contribution in [3.63, 3.8) is 0 Å². The number of likely N-dealkylation sites (tertiary alicyclic amines) is 1. The van der Waals surface area contributed by atoms with Gasteiger partial charge >= 0.3 is 0 Å². The molecule has 0 spiro atoms. The third-order valence-electron chi connectivity index (χ3n) is 4.86. The molecule has 0 radical (unpaired) electrons. The number of halogens is 2. The summed E-state index contributed by atoms with van der Waals surface area (Å²) in [4.78, 5) is 6.96. The summed E-state index contributed by atoms with van der Waals surface area (Å²) in [7, 11) is 0. The molecule has 2 aromatic rings. The third-order valence-corrected chi connectivity index (χ3v) is 4.86. The van der Waals surface area contributed by atoms with Gasteiger partial charge in [-0.05, 0) is 37.6 Å². The van der Waals surface area contributed by atoms with Gasteiger partial charge in [-0.3, -0.25) is 4.90 Å². The highest BCUT2D eigenvalue weighted by Gasteiger charge is 2.29. The summed E-state index contributed by atoms with van der Waals surface area (Å²) >= 11 is 0. The first-order valence-electron chi connectivity index (χ1n) is 8.80. The topological polar surface area (TPSA) is 54.2 Å². The summed E-state index contributed by atoms with van der Waals surface area (Å²) in [5, 5.41) is 7.16. The quantitative estimate of drug-likeness (QED) is 0.897. The van der Waals surface area contributed by atoms with E-state index in [0.29, 0.717) is 24.7 Å². The van der Waals surface area contributed by atoms with Gasteiger partial charge in [-0.25, -0.2) is 4.39 Å². The molecule has 2 atom stereocenters. The molecule has 1 N–H and O–H groups in total. The Labute approximate surface area is 153 Å². The molecule has 25 heavy (non-hydrogen) atoms. The molecule has 4 rings (SSSR count). The highest BCUT2D eigenvalue weighted by Crippen LogP contribution is 2.26. The van der Waals surface area contributed by atoms with Crippen molar-refractivity contribution in [3.05, 3.63) is 35.7 Å². The summed E-state index contributed by atoms with van der Waals surface area (Å²) in [6, 6.07) is 8.14. The van der Waals surface area contributed by atoms with Gasteiger partial charge in [-0.2, -0.15) is 4.98 Å². The number of hydrogen-bond donors (Lipinski definition) is 1. The zero-order valence-corrected chi connectivity index (χ0v) is 15.0. The molecule has 0 aliphatic carbocycles. The van der Waals surface area contributed by atoms with E-state index >= 15 is 0 Å². The lowest BCUT2D eigenvalue weighted by molar-refractivity contribution is 0.221. The molecule has 3 heterocycles. The first kappa shape index (κ1) is 18.3. The maximum absolute atomic E-state index is 13.3. The van der Waals surface area contributed by atoms with Gasteiger partial charge in [-0.1, -0.05) is 29.8 Å². The highest BCUT2D eigenvalue weighted by molar-refractivity contribution is 5.85. The Bertz CT molecular complexity index is 689. The van der Waals surface area contributed by atoms with Gasteiger partial charge in [0.15, 0.2) is 0 Å². The molecule has 0 bridgehead atoms. The second kappa shape index (κ2) is 8.25. The Balaban J connectivity index is 0.00000182. The van der Waals surface area contributed by atoms with Crippen molar-refractivity contribution in [1.29, 1.82) is 0 Å². The van der Waals surface area contributed by atoms with Crippen LogP contribution in [0.15, 0.2) is 28.8 Å². The minimum atomic E-state index is -0.835. The summed E-state index contributed by atoms with van der Waals surface area (Å²) in [6.45, 7) is 3.67. The number of hydrogen-bond acceptors (Lipinski definition) is 5. The largest absolute Gasteiger partial charge is 0.337 e. The number of alkyl halides is 1. The predicted octanol–water partition coefficient (Wildman–Crippen LogP) is 3.52. The molecule has 1 aromatic heterocycles. The Hall–Kier alpha value is -1.50. The van der Waals surface area contributed by atoms with Crippen LogP contribution in [0.25, 0.3) is 11.4 Å². The lowest BCUT2D eigenvalue weighted by Gasteiger charge is -2.26. The van der Waals surface area contributed by atoms with Crippen molar-refractivity contribution >= 4 is 12.4 Å². The summed E-state index contributed by atoms with van der Waals surface area (Å²) in [5.41, 5.74) is 2.22. The molecule has 2 saturated heterocycles. The SMILES string of the molecule is Cl.F[C@@H]1CN[C@@H](c2nc(-c3cccc(CN4CCCCC4)c3)no2)C1. The van der Waals surface area contributed by atoms with E-state index < -0.39 is 6.17 Å². The van der Waals surface area contributed by atoms with E-state index in [2.05, 4.69) is 32.5 Å². The van der Waals surface area contributed by atoms with Crippen LogP contribution in [0.2, 0.25) is 0 Å². The minimum absolute atomic E-state index is 0. The van der Waals surface area contributed by atoms with E-state index in [-0.39, 0.29) is 18.4 Å². The summed E-state index contributed by atoms with van der Waals surface area (Å²) in [6.07, 6.45) is 3.49. The standard InChI is InChI=1S/C18H23FN4O.ClH/c19-15-10-16(20-11-15)18-21-17(22-24-18)14-6-4-5-13(9-14)12-23-7-2-1-3-8-23;/h4-6,9,15-16,20H,1-3,7-8,10-12H2;1H/t15-,16+;/m0./s1. The minimum Gasteiger partial charge on any atom is -0.337 e. The van der Waals surface area contributed by atoms with Gasteiger partial charge in [0.25, 0.3) is 0 Å². The number of piperidine rings is 1. The average molecular weight is 367 g/mol. The van der Waals surface area contributed by atoms with E-state index in [1.807, 2.05) is 12.1 Å². The van der Waals surface area contributed by atoms with Crippen LogP contribution >= 0.6 is 12.4 Å². The van der Waals surface area contributed by atoms with Crippen LogP contribution in [0.1, 0.15) is 43.2 Å². The van der Waals surface area contributed by atoms with E-state index in [4.69, 9.17) is 4.52 Å². The summed E-state index contributed by atoms with van der Waals surface area (Å²) in [5.74, 6) is 1.06. The van der Waals surface area contributed by atoms with Crippen molar-refractivity contribution < 1.29 is 8.91 Å². The molecule has 1 aromatic carbocycles. The van der Waals surface area contributed by atoms with Gasteiger partial charge in [-0.15, -0.1) is 12.4 Å². The monoisotopic (exact) mass is 366 g/mol. The van der Waals surface area contributed by atoms with Gasteiger partial charge in [0.05, 0.1) is 6.04 Å². The van der Waals surface area contributed by atoms with Crippen LogP contribution in [0.4, 0.5) is 4.39 Å². The van der Waals surface area contributed by atoms with Crippen LogP contribution in [-0.4, -0.2) is 40.8 Å². The molecule has 0 saturated carbocycles. The van der Waals surface area contributed by atoms with Crippen LogP contribution in [0.5, 0.6) is 0 Å². The van der Waals surface area contributed by atoms with E-state index in [0.717, 1.165) is 12.1 Å². The van der Waals surface area contributed by atoms with Crippen LogP contribution in [0.3, 0.4) is 0 Å². The smallest absolute Gasteiger partial charge is 0.244 e. The van der Waals surface area contributed by atoms with Gasteiger partial charge in [0.2, 0.25) is 11.7 Å². The molecule has 0 unspecified atom stereocenters. The van der Waals surface area contributed by atoms with Crippen molar-refractivity contribution in [2.45, 2.75) is 44.4 Å². The molecule has 5 nitrogen and oxygen atoms in total. The second-order valence-corrected chi connectivity index (χ2v) is 6.79. The van der Waals surface area contributed by atoms with E-state index in [1.54, 1.807) is 0 Å². The fourth-order valence-electron chi connectivity index (χ4n) is 3.56. The highest BCUT2D eigenvalue weighted by atomic mass is 35.5. The average Bonchev–Trinajstić information content (AvgIpc) is 3.25. The normalized spacial score (nSPS) is 24.2. The second-order valence-electron chi connectivity index (χ2n) is 6.79. The van der Waals surface area contributed by atoms with Gasteiger partial charge < -0.3 is 9.84 Å². The lowest BCUT2D eigenvalue weighted by atomic mass is 10.1. The predicted molar refractivity (Wildman–Crippen MR) is 96.4 cm³/mol. The third kappa shape index (κ3) is 4.37. The molecule has 7 heteroatoms. The number of rotatable bonds is 4. The Morgan fingerprint density at radius 3 is 2.84 bits per heavy atom. The molecular weight excluding hydrogens is 343 g/mol. The molecule has 2 fully saturated rings. The molecule has 0 amide bonds. The Kier molecular flexibility index (Phi) is 6.04. The van der Waals surface area contributed by atoms with E-state index in [1.165, 1.54) is 37.9 Å². The molecule has 2 aliphatic rings. The zero-order valence-electron chi connectivity index (χ0n) is 14.2. The van der Waals surface area contributed by atoms with Crippen LogP contribution < -0.4 is 5.32 Å². The van der Waals surface area contributed by atoms with Gasteiger partial charge in [0, 0.05) is 25.1 Å². The van der Waals surface area contributed by atoms with Gasteiger partial charge in [0.1, 0.15) is 6.17 Å². The number of nitrogens with one attached hydrogen (secondary N) is 1. The Morgan fingerprint density at radius 2 is 2.08 bits per heavy atom. The van der Waals surface area contributed by atoms with Crippen molar-refractivity contribution in [3.8, 4) is 11.4 Å². The van der Waals surface area contributed by atoms with Crippen molar-refractivity contribution in [2.75, 3.05) is 19.6 Å². The van der Waals surface area contributed by atoms with Crippen LogP contribution in [0, 0.1) is 0 Å². The fourth-order valence-corrected chi connectivity index (χ4v) is 3.56. The Morgan fingerprint density at radius 1 is 1.24 bits per heavy atom. The fraction of sp³-hybridized carbons (Fsp3) is 0.556. The maximum atomic E-state index is 13.3. The first-order valence-corrected chi connectivity index (χ1v) is 8.80. The van der Waals surface area contributed by atoms with E-state index in [9.17, 15) is 4.39 Å². The molecule has 136 valence electrons. The first-order chi connectivity index (χ1) is 11.8. The van der Waals surface area contributed by atoms with Crippen molar-refractivity contribution in [1.82, 2.24) is 20.4 Å².